The SMILES string of the molecule is O=C(N/N=C\c1ccc([N+](=O)[O-])c([O-])c1)[C@H](O)c1ccccc1. The molecule has 23 heavy (non-hydrogen) atoms. The second kappa shape index (κ2) is 7.14. The first kappa shape index (κ1) is 16.1. The summed E-state index contributed by atoms with van der Waals surface area (Å²) in [5, 5.41) is 35.4. The number of hydrogen-bond acceptors (Lipinski definition) is 6. The molecule has 0 unspecified atom stereocenters. The minimum atomic E-state index is -1.37. The second-order valence-corrected chi connectivity index (χ2v) is 4.53. The van der Waals surface area contributed by atoms with Crippen molar-refractivity contribution in [3.05, 3.63) is 69.8 Å². The average molecular weight is 314 g/mol. The Morgan fingerprint density at radius 3 is 2.57 bits per heavy atom. The van der Waals surface area contributed by atoms with E-state index in [9.17, 15) is 25.1 Å². The molecule has 0 aliphatic heterocycles. The first-order valence-corrected chi connectivity index (χ1v) is 6.50. The number of benzene rings is 2. The molecule has 1 atom stereocenters. The number of aliphatic hydroxyl groups is 1. The number of aliphatic hydroxyl groups excluding tert-OH is 1. The van der Waals surface area contributed by atoms with Gasteiger partial charge in [0.2, 0.25) is 0 Å². The summed E-state index contributed by atoms with van der Waals surface area (Å²) in [4.78, 5) is 21.5. The molecule has 8 nitrogen and oxygen atoms in total. The van der Waals surface area contributed by atoms with Crippen LogP contribution in [0, 0.1) is 10.1 Å². The smallest absolute Gasteiger partial charge is 0.273 e. The quantitative estimate of drug-likeness (QED) is 0.480. The van der Waals surface area contributed by atoms with E-state index < -0.39 is 28.4 Å². The lowest BCUT2D eigenvalue weighted by Gasteiger charge is -2.09. The zero-order valence-electron chi connectivity index (χ0n) is 11.7. The summed E-state index contributed by atoms with van der Waals surface area (Å²) in [5.74, 6) is -1.49. The van der Waals surface area contributed by atoms with Gasteiger partial charge in [-0.1, -0.05) is 36.4 Å². The maximum Gasteiger partial charge on any atom is 0.273 e. The number of rotatable bonds is 5. The highest BCUT2D eigenvalue weighted by Crippen LogP contribution is 2.22. The van der Waals surface area contributed by atoms with E-state index in [2.05, 4.69) is 10.5 Å². The minimum Gasteiger partial charge on any atom is -0.868 e. The Kier molecular flexibility index (Phi) is 5.00. The number of nitro groups is 1. The van der Waals surface area contributed by atoms with Crippen LogP contribution in [0.4, 0.5) is 5.69 Å². The van der Waals surface area contributed by atoms with Gasteiger partial charge >= 0.3 is 0 Å². The third-order valence-corrected chi connectivity index (χ3v) is 2.93. The van der Waals surface area contributed by atoms with Gasteiger partial charge in [0.05, 0.1) is 11.1 Å². The molecule has 8 heteroatoms. The molecule has 0 bridgehead atoms. The summed E-state index contributed by atoms with van der Waals surface area (Å²) in [6, 6.07) is 11.7. The van der Waals surface area contributed by atoms with E-state index in [0.717, 1.165) is 18.3 Å². The van der Waals surface area contributed by atoms with Gasteiger partial charge in [0.25, 0.3) is 11.6 Å². The molecule has 1 amide bonds. The Hall–Kier alpha value is -3.26. The van der Waals surface area contributed by atoms with Gasteiger partial charge in [-0.05, 0) is 22.9 Å². The van der Waals surface area contributed by atoms with Gasteiger partial charge in [-0.25, -0.2) is 5.43 Å². The number of nitrogens with zero attached hydrogens (tertiary/aromatic N) is 2. The fourth-order valence-electron chi connectivity index (χ4n) is 1.78. The van der Waals surface area contributed by atoms with Gasteiger partial charge in [-0.3, -0.25) is 14.9 Å². The zero-order chi connectivity index (χ0) is 16.8. The van der Waals surface area contributed by atoms with Crippen LogP contribution >= 0.6 is 0 Å². The molecule has 0 fully saturated rings. The van der Waals surface area contributed by atoms with E-state index in [1.165, 1.54) is 6.07 Å². The first-order chi connectivity index (χ1) is 11.0. The minimum absolute atomic E-state index is 0.287. The van der Waals surface area contributed by atoms with Crippen molar-refractivity contribution in [2.24, 2.45) is 5.10 Å². The van der Waals surface area contributed by atoms with Crippen LogP contribution in [0.15, 0.2) is 53.6 Å². The highest BCUT2D eigenvalue weighted by atomic mass is 16.6. The van der Waals surface area contributed by atoms with Crippen LogP contribution in [-0.4, -0.2) is 22.2 Å². The fourth-order valence-corrected chi connectivity index (χ4v) is 1.78. The Labute approximate surface area is 130 Å². The summed E-state index contributed by atoms with van der Waals surface area (Å²) < 4.78 is 0. The van der Waals surface area contributed by atoms with E-state index in [1.54, 1.807) is 30.3 Å². The van der Waals surface area contributed by atoms with Crippen LogP contribution in [0.25, 0.3) is 0 Å². The number of nitrogens with one attached hydrogen (secondary N) is 1. The van der Waals surface area contributed by atoms with E-state index in [1.807, 2.05) is 0 Å². The van der Waals surface area contributed by atoms with Crippen LogP contribution in [0.5, 0.6) is 5.75 Å². The van der Waals surface area contributed by atoms with Crippen LogP contribution < -0.4 is 10.5 Å². The molecule has 0 aliphatic rings. The second-order valence-electron chi connectivity index (χ2n) is 4.53. The summed E-state index contributed by atoms with van der Waals surface area (Å²) in [6.45, 7) is 0. The summed E-state index contributed by atoms with van der Waals surface area (Å²) in [7, 11) is 0. The van der Waals surface area contributed by atoms with Gasteiger partial charge in [0.15, 0.2) is 6.10 Å². The third-order valence-electron chi connectivity index (χ3n) is 2.93. The number of amides is 1. The number of nitro benzene ring substituents is 1. The van der Waals surface area contributed by atoms with Crippen molar-refractivity contribution in [2.75, 3.05) is 0 Å². The lowest BCUT2D eigenvalue weighted by molar-refractivity contribution is -0.398. The lowest BCUT2D eigenvalue weighted by Crippen LogP contribution is -2.25. The summed E-state index contributed by atoms with van der Waals surface area (Å²) in [6.07, 6.45) is -0.221. The Bertz CT molecular complexity index is 746. The Balaban J connectivity index is 2.00. The average Bonchev–Trinajstić information content (AvgIpc) is 2.54. The van der Waals surface area contributed by atoms with Gasteiger partial charge in [-0.15, -0.1) is 0 Å². The van der Waals surface area contributed by atoms with Crippen molar-refractivity contribution in [2.45, 2.75) is 6.10 Å². The maximum atomic E-state index is 11.7. The van der Waals surface area contributed by atoms with Crippen molar-refractivity contribution in [1.82, 2.24) is 5.43 Å². The molecule has 0 heterocycles. The van der Waals surface area contributed by atoms with Crippen molar-refractivity contribution < 1.29 is 19.9 Å². The van der Waals surface area contributed by atoms with Crippen LogP contribution in [0.3, 0.4) is 0 Å². The lowest BCUT2D eigenvalue weighted by atomic mass is 10.1. The van der Waals surface area contributed by atoms with E-state index in [4.69, 9.17) is 0 Å². The standard InChI is InChI=1S/C15H13N3O5/c19-13-8-10(6-7-12(13)18(22)23)9-16-17-15(21)14(20)11-4-2-1-3-5-11/h1-9,14,19-20H,(H,17,21)/p-1/b16-9-/t14-/m1/s1. The van der Waals surface area contributed by atoms with Gasteiger partial charge in [0, 0.05) is 6.07 Å². The van der Waals surface area contributed by atoms with Crippen LogP contribution in [-0.2, 0) is 4.79 Å². The Morgan fingerprint density at radius 1 is 1.26 bits per heavy atom. The molecule has 0 radical (unpaired) electrons. The molecular formula is C15H12N3O5-. The summed E-state index contributed by atoms with van der Waals surface area (Å²) in [5.41, 5.74) is 2.30. The molecule has 2 N–H and O–H groups in total. The van der Waals surface area contributed by atoms with Crippen molar-refractivity contribution in [3.63, 3.8) is 0 Å². The monoisotopic (exact) mass is 314 g/mol. The van der Waals surface area contributed by atoms with Crippen LogP contribution in [0.2, 0.25) is 0 Å². The van der Waals surface area contributed by atoms with Crippen molar-refractivity contribution >= 4 is 17.8 Å². The van der Waals surface area contributed by atoms with Crippen LogP contribution in [0.1, 0.15) is 17.2 Å². The molecule has 0 saturated carbocycles. The zero-order valence-corrected chi connectivity index (χ0v) is 11.7. The molecule has 0 saturated heterocycles. The number of carbonyl (C=O) groups is 1. The highest BCUT2D eigenvalue weighted by molar-refractivity contribution is 5.85. The molecule has 0 aliphatic carbocycles. The fraction of sp³-hybridized carbons (Fsp3) is 0.0667. The van der Waals surface area contributed by atoms with Crippen molar-refractivity contribution in [1.29, 1.82) is 0 Å². The largest absolute Gasteiger partial charge is 0.868 e. The normalized spacial score (nSPS) is 12.0. The Morgan fingerprint density at radius 2 is 1.96 bits per heavy atom. The topological polar surface area (TPSA) is 128 Å². The molecule has 118 valence electrons. The van der Waals surface area contributed by atoms with Gasteiger partial charge in [-0.2, -0.15) is 5.10 Å². The molecule has 0 spiro atoms. The number of hydrazone groups is 1. The highest BCUT2D eigenvalue weighted by Gasteiger charge is 2.15. The van der Waals surface area contributed by atoms with E-state index >= 15 is 0 Å². The molecule has 2 aromatic carbocycles. The predicted octanol–water partition coefficient (Wildman–Crippen LogP) is 0.852. The number of hydrogen-bond donors (Lipinski definition) is 2. The van der Waals surface area contributed by atoms with Gasteiger partial charge < -0.3 is 10.2 Å². The van der Waals surface area contributed by atoms with E-state index in [0.29, 0.717) is 5.56 Å². The first-order valence-electron chi connectivity index (χ1n) is 6.50. The summed E-state index contributed by atoms with van der Waals surface area (Å²) >= 11 is 0. The predicted molar refractivity (Wildman–Crippen MR) is 79.7 cm³/mol. The van der Waals surface area contributed by atoms with Crippen molar-refractivity contribution in [3.8, 4) is 5.75 Å². The maximum absolute atomic E-state index is 11.7. The van der Waals surface area contributed by atoms with Gasteiger partial charge in [0.1, 0.15) is 0 Å². The third kappa shape index (κ3) is 4.11. The molecule has 0 aromatic heterocycles. The molecule has 2 aromatic rings. The van der Waals surface area contributed by atoms with E-state index in [-0.39, 0.29) is 5.56 Å². The molecular weight excluding hydrogens is 302 g/mol. The molecule has 2 rings (SSSR count). The number of carbonyl (C=O) groups excluding carboxylic acids is 1.